The van der Waals surface area contributed by atoms with E-state index in [4.69, 9.17) is 4.74 Å². The van der Waals surface area contributed by atoms with E-state index in [0.29, 0.717) is 16.9 Å². The van der Waals surface area contributed by atoms with Crippen LogP contribution in [0.1, 0.15) is 42.7 Å². The highest BCUT2D eigenvalue weighted by Crippen LogP contribution is 2.17. The second-order valence-electron chi connectivity index (χ2n) is 5.51. The Kier molecular flexibility index (Phi) is 5.63. The molecule has 1 unspecified atom stereocenters. The summed E-state index contributed by atoms with van der Waals surface area (Å²) in [6, 6.07) is 7.55. The standard InChI is InChI=1S/C18H19FN2O3/c1-11(15-7-16(19)10-20-9-15)21-18(23)13(3)24-17-6-4-5-14(8-17)12(2)22/h4-11,13H,1-3H3,(H,21,23)/t11-,13?/m1/s1. The first-order chi connectivity index (χ1) is 11.4. The van der Waals surface area contributed by atoms with Crippen LogP contribution in [0.4, 0.5) is 4.39 Å². The molecule has 2 atom stereocenters. The van der Waals surface area contributed by atoms with Crippen LogP contribution in [0.2, 0.25) is 0 Å². The number of hydrogen-bond acceptors (Lipinski definition) is 4. The van der Waals surface area contributed by atoms with Gasteiger partial charge in [-0.3, -0.25) is 14.6 Å². The normalized spacial score (nSPS) is 13.0. The molecule has 0 spiro atoms. The highest BCUT2D eigenvalue weighted by molar-refractivity contribution is 5.94. The SMILES string of the molecule is CC(=O)c1cccc(OC(C)C(=O)N[C@H](C)c2cncc(F)c2)c1. The Balaban J connectivity index is 1.99. The summed E-state index contributed by atoms with van der Waals surface area (Å²) in [5.41, 5.74) is 1.08. The Morgan fingerprint density at radius 2 is 1.96 bits per heavy atom. The van der Waals surface area contributed by atoms with Gasteiger partial charge in [-0.1, -0.05) is 12.1 Å². The van der Waals surface area contributed by atoms with E-state index >= 15 is 0 Å². The molecule has 24 heavy (non-hydrogen) atoms. The van der Waals surface area contributed by atoms with Gasteiger partial charge in [-0.15, -0.1) is 0 Å². The van der Waals surface area contributed by atoms with E-state index in [9.17, 15) is 14.0 Å². The van der Waals surface area contributed by atoms with Crippen LogP contribution in [0, 0.1) is 5.82 Å². The number of amides is 1. The highest BCUT2D eigenvalue weighted by Gasteiger charge is 2.18. The van der Waals surface area contributed by atoms with Crippen LogP contribution in [-0.2, 0) is 4.79 Å². The van der Waals surface area contributed by atoms with Gasteiger partial charge in [0, 0.05) is 11.8 Å². The van der Waals surface area contributed by atoms with Crippen LogP contribution >= 0.6 is 0 Å². The minimum absolute atomic E-state index is 0.0789. The van der Waals surface area contributed by atoms with E-state index in [-0.39, 0.29) is 11.7 Å². The number of ether oxygens (including phenoxy) is 1. The van der Waals surface area contributed by atoms with Crippen molar-refractivity contribution in [3.63, 3.8) is 0 Å². The van der Waals surface area contributed by atoms with Crippen molar-refractivity contribution in [1.29, 1.82) is 0 Å². The topological polar surface area (TPSA) is 68.3 Å². The van der Waals surface area contributed by atoms with E-state index in [2.05, 4.69) is 10.3 Å². The van der Waals surface area contributed by atoms with Crippen molar-refractivity contribution in [2.24, 2.45) is 0 Å². The molecular formula is C18H19FN2O3. The third-order valence-corrected chi connectivity index (χ3v) is 3.51. The Labute approximate surface area is 139 Å². The van der Waals surface area contributed by atoms with Gasteiger partial charge in [-0.05, 0) is 44.5 Å². The molecule has 6 heteroatoms. The molecule has 0 fully saturated rings. The van der Waals surface area contributed by atoms with Crippen LogP contribution in [0.15, 0.2) is 42.7 Å². The van der Waals surface area contributed by atoms with Gasteiger partial charge in [-0.2, -0.15) is 0 Å². The van der Waals surface area contributed by atoms with Crippen molar-refractivity contribution in [3.05, 3.63) is 59.7 Å². The van der Waals surface area contributed by atoms with Gasteiger partial charge in [0.1, 0.15) is 11.6 Å². The molecule has 2 rings (SSSR count). The quantitative estimate of drug-likeness (QED) is 0.827. The van der Waals surface area contributed by atoms with Gasteiger partial charge < -0.3 is 10.1 Å². The number of benzene rings is 1. The molecule has 2 aromatic rings. The molecule has 0 saturated carbocycles. The first-order valence-corrected chi connectivity index (χ1v) is 7.55. The number of rotatable bonds is 6. The molecule has 1 aromatic heterocycles. The van der Waals surface area contributed by atoms with Gasteiger partial charge >= 0.3 is 0 Å². The van der Waals surface area contributed by atoms with Crippen molar-refractivity contribution in [2.45, 2.75) is 32.9 Å². The zero-order valence-electron chi connectivity index (χ0n) is 13.7. The van der Waals surface area contributed by atoms with Crippen LogP contribution in [-0.4, -0.2) is 22.8 Å². The van der Waals surface area contributed by atoms with Crippen molar-refractivity contribution < 1.29 is 18.7 Å². The van der Waals surface area contributed by atoms with E-state index in [0.717, 1.165) is 6.20 Å². The molecular weight excluding hydrogens is 311 g/mol. The molecule has 0 aliphatic rings. The molecule has 0 saturated heterocycles. The fourth-order valence-corrected chi connectivity index (χ4v) is 2.13. The zero-order valence-corrected chi connectivity index (χ0v) is 13.7. The van der Waals surface area contributed by atoms with Crippen molar-refractivity contribution >= 4 is 11.7 Å². The molecule has 1 aromatic carbocycles. The van der Waals surface area contributed by atoms with E-state index < -0.39 is 18.0 Å². The maximum atomic E-state index is 13.2. The number of carbonyl (C=O) groups is 2. The lowest BCUT2D eigenvalue weighted by Crippen LogP contribution is -2.37. The lowest BCUT2D eigenvalue weighted by Gasteiger charge is -2.19. The summed E-state index contributed by atoms with van der Waals surface area (Å²) in [7, 11) is 0. The maximum absolute atomic E-state index is 13.2. The fourth-order valence-electron chi connectivity index (χ4n) is 2.13. The number of hydrogen-bond donors (Lipinski definition) is 1. The molecule has 0 bridgehead atoms. The predicted octanol–water partition coefficient (Wildman–Crippen LogP) is 3.07. The smallest absolute Gasteiger partial charge is 0.261 e. The molecule has 0 aliphatic heterocycles. The summed E-state index contributed by atoms with van der Waals surface area (Å²) in [5.74, 6) is -0.450. The minimum Gasteiger partial charge on any atom is -0.481 e. The second kappa shape index (κ2) is 7.68. The van der Waals surface area contributed by atoms with Crippen molar-refractivity contribution in [3.8, 4) is 5.75 Å². The average Bonchev–Trinajstić information content (AvgIpc) is 2.54. The lowest BCUT2D eigenvalue weighted by atomic mass is 10.1. The predicted molar refractivity (Wildman–Crippen MR) is 87.3 cm³/mol. The molecule has 1 amide bonds. The molecule has 1 N–H and O–H groups in total. The summed E-state index contributed by atoms with van der Waals surface area (Å²) in [6.45, 7) is 4.80. The number of carbonyl (C=O) groups excluding carboxylic acids is 2. The van der Waals surface area contributed by atoms with Gasteiger partial charge in [0.15, 0.2) is 11.9 Å². The van der Waals surface area contributed by atoms with Gasteiger partial charge in [0.2, 0.25) is 0 Å². The maximum Gasteiger partial charge on any atom is 0.261 e. The Morgan fingerprint density at radius 3 is 2.62 bits per heavy atom. The number of aromatic nitrogens is 1. The van der Waals surface area contributed by atoms with Crippen LogP contribution < -0.4 is 10.1 Å². The largest absolute Gasteiger partial charge is 0.481 e. The fraction of sp³-hybridized carbons (Fsp3) is 0.278. The summed E-state index contributed by atoms with van der Waals surface area (Å²) in [5, 5.41) is 2.74. The third kappa shape index (κ3) is 4.62. The van der Waals surface area contributed by atoms with Crippen molar-refractivity contribution in [2.75, 3.05) is 0 Å². The Hall–Kier alpha value is -2.76. The summed E-state index contributed by atoms with van der Waals surface area (Å²) in [4.78, 5) is 27.4. The number of ketones is 1. The number of nitrogens with zero attached hydrogens (tertiary/aromatic N) is 1. The molecule has 126 valence electrons. The van der Waals surface area contributed by atoms with Gasteiger partial charge in [0.25, 0.3) is 5.91 Å². The van der Waals surface area contributed by atoms with Crippen LogP contribution in [0.5, 0.6) is 5.75 Å². The molecule has 5 nitrogen and oxygen atoms in total. The monoisotopic (exact) mass is 330 g/mol. The van der Waals surface area contributed by atoms with Crippen molar-refractivity contribution in [1.82, 2.24) is 10.3 Å². The average molecular weight is 330 g/mol. The number of pyridine rings is 1. The highest BCUT2D eigenvalue weighted by atomic mass is 19.1. The summed E-state index contributed by atoms with van der Waals surface area (Å²) >= 11 is 0. The summed E-state index contributed by atoms with van der Waals surface area (Å²) in [6.07, 6.45) is 1.83. The minimum atomic E-state index is -0.767. The number of halogens is 1. The Bertz CT molecular complexity index is 749. The first-order valence-electron chi connectivity index (χ1n) is 7.55. The zero-order chi connectivity index (χ0) is 17.7. The lowest BCUT2D eigenvalue weighted by molar-refractivity contribution is -0.127. The van der Waals surface area contributed by atoms with E-state index in [1.807, 2.05) is 0 Å². The van der Waals surface area contributed by atoms with Gasteiger partial charge in [0.05, 0.1) is 12.2 Å². The van der Waals surface area contributed by atoms with Crippen LogP contribution in [0.25, 0.3) is 0 Å². The molecule has 0 radical (unpaired) electrons. The van der Waals surface area contributed by atoms with E-state index in [1.54, 1.807) is 38.1 Å². The summed E-state index contributed by atoms with van der Waals surface area (Å²) < 4.78 is 18.8. The van der Waals surface area contributed by atoms with E-state index in [1.165, 1.54) is 19.2 Å². The number of Topliss-reactive ketones (excluding diaryl/α,β-unsaturated/α-hetero) is 1. The third-order valence-electron chi connectivity index (χ3n) is 3.51. The number of nitrogens with one attached hydrogen (secondary N) is 1. The van der Waals surface area contributed by atoms with Gasteiger partial charge in [-0.25, -0.2) is 4.39 Å². The second-order valence-corrected chi connectivity index (χ2v) is 5.51. The van der Waals surface area contributed by atoms with Crippen LogP contribution in [0.3, 0.4) is 0 Å². The molecule has 0 aliphatic carbocycles. The first kappa shape index (κ1) is 17.6. The Morgan fingerprint density at radius 1 is 1.21 bits per heavy atom. The molecule has 1 heterocycles.